The van der Waals surface area contributed by atoms with Gasteiger partial charge < -0.3 is 16.2 Å². The van der Waals surface area contributed by atoms with Gasteiger partial charge in [0.15, 0.2) is 0 Å². The minimum absolute atomic E-state index is 0.0698. The molecule has 0 radical (unpaired) electrons. The van der Waals surface area contributed by atoms with E-state index in [9.17, 15) is 18.7 Å². The molecule has 33 heavy (non-hydrogen) atoms. The second-order valence-corrected chi connectivity index (χ2v) is 8.96. The lowest BCUT2D eigenvalue weighted by atomic mass is 9.96. The molecular weight excluding hydrogens is 450 g/mol. The first-order valence-electron chi connectivity index (χ1n) is 9.82. The molecule has 11 heteroatoms. The van der Waals surface area contributed by atoms with Gasteiger partial charge in [-0.25, -0.2) is 13.8 Å². The zero-order chi connectivity index (χ0) is 23.9. The van der Waals surface area contributed by atoms with E-state index in [0.717, 1.165) is 29.0 Å². The molecule has 0 aliphatic carbocycles. The van der Waals surface area contributed by atoms with Gasteiger partial charge in [0.1, 0.15) is 28.1 Å². The molecular formula is C22H20F2N6O2S. The van der Waals surface area contributed by atoms with Crippen LogP contribution in [0.1, 0.15) is 35.5 Å². The summed E-state index contributed by atoms with van der Waals surface area (Å²) in [5.41, 5.74) is 6.00. The number of nitrogens with two attached hydrogens (primary N) is 1. The number of carbonyl (C=O) groups excluding carboxylic acids is 1. The number of anilines is 2. The lowest BCUT2D eigenvalue weighted by Crippen LogP contribution is -2.16. The quantitative estimate of drug-likeness (QED) is 0.333. The Balaban J connectivity index is 1.72. The van der Waals surface area contributed by atoms with Gasteiger partial charge in [0.2, 0.25) is 0 Å². The molecule has 0 bridgehead atoms. The Hall–Kier alpha value is -3.70. The van der Waals surface area contributed by atoms with E-state index < -0.39 is 23.1 Å². The molecule has 0 aliphatic heterocycles. The molecule has 4 aromatic rings. The summed E-state index contributed by atoms with van der Waals surface area (Å²) < 4.78 is 29.6. The van der Waals surface area contributed by atoms with Crippen LogP contribution in [0.5, 0.6) is 0 Å². The van der Waals surface area contributed by atoms with E-state index in [4.69, 9.17) is 5.73 Å². The highest BCUT2D eigenvalue weighted by Crippen LogP contribution is 2.40. The van der Waals surface area contributed by atoms with Gasteiger partial charge in [-0.05, 0) is 56.7 Å². The standard InChI is InChI=1S/C22H20F2N6O2S/c1-10-12(16-9-26-30-29-16)4-5-18(27-10)28-21-13(20(25)31)8-17(33-21)19-14(23)6-11(7-15(19)24)22(2,3)32/h4-9,32H,1-3H3,(H2,25,31)(H,27,28)(H,26,29,30). The number of thiophene rings is 1. The number of benzene rings is 1. The number of aliphatic hydroxyl groups is 1. The molecule has 8 nitrogen and oxygen atoms in total. The van der Waals surface area contributed by atoms with Crippen molar-refractivity contribution in [2.45, 2.75) is 26.4 Å². The van der Waals surface area contributed by atoms with Crippen LogP contribution in [0.3, 0.4) is 0 Å². The first-order chi connectivity index (χ1) is 15.5. The van der Waals surface area contributed by atoms with Crippen LogP contribution in [0, 0.1) is 18.6 Å². The van der Waals surface area contributed by atoms with Gasteiger partial charge in [-0.1, -0.05) is 5.21 Å². The highest BCUT2D eigenvalue weighted by Gasteiger charge is 2.24. The number of pyridine rings is 1. The van der Waals surface area contributed by atoms with E-state index in [1.165, 1.54) is 19.9 Å². The number of nitrogens with zero attached hydrogens (tertiary/aromatic N) is 3. The number of primary amides is 1. The molecule has 0 aliphatic rings. The van der Waals surface area contributed by atoms with Gasteiger partial charge in [0.25, 0.3) is 5.91 Å². The Morgan fingerprint density at radius 2 is 1.91 bits per heavy atom. The molecule has 1 aromatic carbocycles. The fourth-order valence-electron chi connectivity index (χ4n) is 3.30. The predicted molar refractivity (Wildman–Crippen MR) is 121 cm³/mol. The maximum atomic E-state index is 14.8. The number of nitrogens with one attached hydrogen (secondary N) is 2. The summed E-state index contributed by atoms with van der Waals surface area (Å²) in [5, 5.41) is 23.7. The third kappa shape index (κ3) is 4.45. The van der Waals surface area contributed by atoms with Crippen molar-refractivity contribution in [1.29, 1.82) is 0 Å². The van der Waals surface area contributed by atoms with Crippen molar-refractivity contribution in [3.05, 3.63) is 65.0 Å². The molecule has 0 spiro atoms. The van der Waals surface area contributed by atoms with Crippen molar-refractivity contribution >= 4 is 28.1 Å². The maximum absolute atomic E-state index is 14.8. The van der Waals surface area contributed by atoms with E-state index in [1.807, 2.05) is 0 Å². The second kappa shape index (κ2) is 8.34. The maximum Gasteiger partial charge on any atom is 0.251 e. The molecule has 1 amide bonds. The monoisotopic (exact) mass is 470 g/mol. The molecule has 3 aromatic heterocycles. The number of aromatic nitrogens is 4. The average Bonchev–Trinajstić information content (AvgIpc) is 3.37. The lowest BCUT2D eigenvalue weighted by molar-refractivity contribution is 0.0778. The Kier molecular flexibility index (Phi) is 5.68. The number of hydrogen-bond donors (Lipinski definition) is 4. The third-order valence-electron chi connectivity index (χ3n) is 5.01. The van der Waals surface area contributed by atoms with Crippen LogP contribution in [0.4, 0.5) is 19.6 Å². The molecule has 0 fully saturated rings. The molecule has 0 saturated heterocycles. The largest absolute Gasteiger partial charge is 0.386 e. The number of H-pyrrole nitrogens is 1. The highest BCUT2D eigenvalue weighted by molar-refractivity contribution is 7.20. The predicted octanol–water partition coefficient (Wildman–Crippen LogP) is 4.25. The van der Waals surface area contributed by atoms with E-state index >= 15 is 0 Å². The summed E-state index contributed by atoms with van der Waals surface area (Å²) >= 11 is 0.963. The van der Waals surface area contributed by atoms with Crippen molar-refractivity contribution in [2.75, 3.05) is 5.32 Å². The molecule has 0 atom stereocenters. The fraction of sp³-hybridized carbons (Fsp3) is 0.182. The number of aryl methyl sites for hydroxylation is 1. The van der Waals surface area contributed by atoms with E-state index in [2.05, 4.69) is 25.7 Å². The number of amides is 1. The molecule has 170 valence electrons. The zero-order valence-corrected chi connectivity index (χ0v) is 18.7. The second-order valence-electron chi connectivity index (χ2n) is 7.90. The molecule has 3 heterocycles. The van der Waals surface area contributed by atoms with Crippen molar-refractivity contribution in [2.24, 2.45) is 5.73 Å². The highest BCUT2D eigenvalue weighted by atomic mass is 32.1. The first kappa shape index (κ1) is 22.5. The average molecular weight is 471 g/mol. The topological polar surface area (TPSA) is 130 Å². The van der Waals surface area contributed by atoms with Crippen LogP contribution in [0.25, 0.3) is 21.7 Å². The Morgan fingerprint density at radius 3 is 2.45 bits per heavy atom. The van der Waals surface area contributed by atoms with Crippen LogP contribution in [0.2, 0.25) is 0 Å². The molecule has 5 N–H and O–H groups in total. The van der Waals surface area contributed by atoms with Crippen LogP contribution in [-0.4, -0.2) is 31.4 Å². The summed E-state index contributed by atoms with van der Waals surface area (Å²) in [6, 6.07) is 6.94. The summed E-state index contributed by atoms with van der Waals surface area (Å²) in [7, 11) is 0. The molecule has 0 unspecified atom stereocenters. The number of halogens is 2. The lowest BCUT2D eigenvalue weighted by Gasteiger charge is -2.18. The van der Waals surface area contributed by atoms with E-state index in [-0.39, 0.29) is 21.6 Å². The third-order valence-corrected chi connectivity index (χ3v) is 6.08. The van der Waals surface area contributed by atoms with Crippen LogP contribution in [0.15, 0.2) is 36.5 Å². The van der Waals surface area contributed by atoms with Crippen LogP contribution < -0.4 is 11.1 Å². The summed E-state index contributed by atoms with van der Waals surface area (Å²) in [6.07, 6.45) is 1.64. The van der Waals surface area contributed by atoms with Gasteiger partial charge in [0, 0.05) is 16.1 Å². The first-order valence-corrected chi connectivity index (χ1v) is 10.6. The Morgan fingerprint density at radius 1 is 1.21 bits per heavy atom. The smallest absolute Gasteiger partial charge is 0.251 e. The van der Waals surface area contributed by atoms with Gasteiger partial charge >= 0.3 is 0 Å². The van der Waals surface area contributed by atoms with Crippen molar-refractivity contribution in [1.82, 2.24) is 20.4 Å². The Bertz CT molecular complexity index is 1320. The normalized spacial score (nSPS) is 11.6. The van der Waals surface area contributed by atoms with E-state index in [1.54, 1.807) is 25.3 Å². The SMILES string of the molecule is Cc1nc(Nc2sc(-c3c(F)cc(C(C)(C)O)cc3F)cc2C(N)=O)ccc1-c1c[nH]nn1. The van der Waals surface area contributed by atoms with Gasteiger partial charge in [0.05, 0.1) is 22.9 Å². The Labute approximate surface area is 191 Å². The van der Waals surface area contributed by atoms with Gasteiger partial charge in [-0.2, -0.15) is 0 Å². The summed E-state index contributed by atoms with van der Waals surface area (Å²) in [4.78, 5) is 16.7. The van der Waals surface area contributed by atoms with E-state index in [0.29, 0.717) is 22.2 Å². The fourth-order valence-corrected chi connectivity index (χ4v) is 4.42. The minimum Gasteiger partial charge on any atom is -0.386 e. The van der Waals surface area contributed by atoms with Crippen molar-refractivity contribution in [3.63, 3.8) is 0 Å². The van der Waals surface area contributed by atoms with Crippen molar-refractivity contribution < 1.29 is 18.7 Å². The zero-order valence-electron chi connectivity index (χ0n) is 17.9. The minimum atomic E-state index is -1.41. The van der Waals surface area contributed by atoms with Crippen molar-refractivity contribution in [3.8, 4) is 21.7 Å². The molecule has 4 rings (SSSR count). The van der Waals surface area contributed by atoms with Crippen LogP contribution in [-0.2, 0) is 5.60 Å². The van der Waals surface area contributed by atoms with Gasteiger partial charge in [-0.15, -0.1) is 16.4 Å². The number of aromatic amines is 1. The number of rotatable bonds is 6. The summed E-state index contributed by atoms with van der Waals surface area (Å²) in [5.74, 6) is -2.07. The summed E-state index contributed by atoms with van der Waals surface area (Å²) in [6.45, 7) is 4.66. The van der Waals surface area contributed by atoms with Crippen LogP contribution >= 0.6 is 11.3 Å². The number of hydrogen-bond acceptors (Lipinski definition) is 7. The number of carbonyl (C=O) groups is 1. The molecule has 0 saturated carbocycles. The van der Waals surface area contributed by atoms with Gasteiger partial charge in [-0.3, -0.25) is 9.89 Å².